The molecule has 2 aromatic rings. The van der Waals surface area contributed by atoms with E-state index in [1.165, 1.54) is 18.1 Å². The molecule has 0 spiro atoms. The number of ether oxygens (including phenoxy) is 2. The molecule has 0 amide bonds. The second-order valence-corrected chi connectivity index (χ2v) is 7.68. The molecule has 2 aliphatic rings. The van der Waals surface area contributed by atoms with Gasteiger partial charge in [0, 0.05) is 32.2 Å². The van der Waals surface area contributed by atoms with Gasteiger partial charge in [-0.3, -0.25) is 4.99 Å². The highest BCUT2D eigenvalue weighted by Gasteiger charge is 2.25. The average Bonchev–Trinajstić information content (AvgIpc) is 3.20. The third-order valence-corrected chi connectivity index (χ3v) is 5.59. The molecule has 1 unspecified atom stereocenters. The maximum Gasteiger partial charge on any atom is 0.193 e. The van der Waals surface area contributed by atoms with Crippen LogP contribution in [0.4, 0.5) is 4.39 Å². The molecule has 2 aromatic carbocycles. The number of rotatable bonds is 5. The first-order chi connectivity index (χ1) is 14.2. The number of nitrogens with one attached hydrogen (secondary N) is 1. The Bertz CT molecular complexity index is 863. The largest absolute Gasteiger partial charge is 0.467 e. The Morgan fingerprint density at radius 3 is 2.90 bits per heavy atom. The van der Waals surface area contributed by atoms with Crippen LogP contribution in [0.3, 0.4) is 0 Å². The highest BCUT2D eigenvalue weighted by atomic mass is 127. The van der Waals surface area contributed by atoms with E-state index in [1.807, 2.05) is 7.05 Å². The summed E-state index contributed by atoms with van der Waals surface area (Å²) in [6.07, 6.45) is 2.93. The van der Waals surface area contributed by atoms with Gasteiger partial charge in [-0.25, -0.2) is 4.39 Å². The molecule has 0 saturated carbocycles. The lowest BCUT2D eigenvalue weighted by molar-refractivity contribution is -0.0172. The predicted octanol–water partition coefficient (Wildman–Crippen LogP) is 3.99. The van der Waals surface area contributed by atoms with Gasteiger partial charge in [0.05, 0.1) is 6.61 Å². The van der Waals surface area contributed by atoms with Crippen molar-refractivity contribution in [2.24, 2.45) is 10.9 Å². The van der Waals surface area contributed by atoms with Crippen molar-refractivity contribution in [2.45, 2.75) is 25.9 Å². The monoisotopic (exact) mass is 525 g/mol. The number of aliphatic imine (C=N–C) groups is 1. The number of nitrogens with zero attached hydrogens (tertiary/aromatic N) is 2. The number of halogens is 2. The van der Waals surface area contributed by atoms with Crippen molar-refractivity contribution in [1.29, 1.82) is 0 Å². The van der Waals surface area contributed by atoms with Gasteiger partial charge in [0.1, 0.15) is 11.6 Å². The van der Waals surface area contributed by atoms with Crippen LogP contribution in [0.1, 0.15) is 23.1 Å². The minimum Gasteiger partial charge on any atom is -0.467 e. The van der Waals surface area contributed by atoms with E-state index in [0.717, 1.165) is 42.3 Å². The van der Waals surface area contributed by atoms with Crippen molar-refractivity contribution in [1.82, 2.24) is 10.2 Å². The lowest BCUT2D eigenvalue weighted by atomic mass is 9.99. The van der Waals surface area contributed by atoms with Gasteiger partial charge in [-0.1, -0.05) is 30.3 Å². The third-order valence-electron chi connectivity index (χ3n) is 5.59. The van der Waals surface area contributed by atoms with Crippen LogP contribution in [0.25, 0.3) is 0 Å². The Morgan fingerprint density at radius 1 is 1.27 bits per heavy atom. The van der Waals surface area contributed by atoms with Gasteiger partial charge < -0.3 is 19.7 Å². The summed E-state index contributed by atoms with van der Waals surface area (Å²) in [6.45, 7) is 3.30. The Kier molecular flexibility index (Phi) is 8.32. The lowest BCUT2D eigenvalue weighted by Gasteiger charge is -2.23. The number of hydrogen-bond acceptors (Lipinski definition) is 3. The first-order valence-corrected chi connectivity index (χ1v) is 10.2. The van der Waals surface area contributed by atoms with Crippen molar-refractivity contribution in [3.8, 4) is 5.75 Å². The molecule has 1 N–H and O–H groups in total. The summed E-state index contributed by atoms with van der Waals surface area (Å²) in [6, 6.07) is 13.7. The topological polar surface area (TPSA) is 46.1 Å². The van der Waals surface area contributed by atoms with Gasteiger partial charge in [0.2, 0.25) is 0 Å². The zero-order chi connectivity index (χ0) is 20.1. The second kappa shape index (κ2) is 10.9. The third kappa shape index (κ3) is 5.63. The van der Waals surface area contributed by atoms with Gasteiger partial charge in [0.15, 0.2) is 12.8 Å². The maximum absolute atomic E-state index is 13.9. The zero-order valence-corrected chi connectivity index (χ0v) is 19.6. The lowest BCUT2D eigenvalue weighted by Crippen LogP contribution is -2.41. The van der Waals surface area contributed by atoms with E-state index < -0.39 is 0 Å². The molecule has 2 aliphatic heterocycles. The molecule has 1 fully saturated rings. The fourth-order valence-electron chi connectivity index (χ4n) is 4.22. The van der Waals surface area contributed by atoms with Crippen LogP contribution in [0, 0.1) is 11.7 Å². The van der Waals surface area contributed by atoms with E-state index in [1.54, 1.807) is 6.07 Å². The summed E-state index contributed by atoms with van der Waals surface area (Å²) in [7, 11) is 1.82. The average molecular weight is 525 g/mol. The van der Waals surface area contributed by atoms with E-state index in [2.05, 4.69) is 45.5 Å². The van der Waals surface area contributed by atoms with Crippen LogP contribution in [-0.2, 0) is 24.2 Å². The zero-order valence-electron chi connectivity index (χ0n) is 17.3. The SMILES string of the molecule is CN=C(NCCc1cc(F)cc2c1OCOC2)N1CCC(Cc2ccccc2)C1.I. The molecule has 1 atom stereocenters. The summed E-state index contributed by atoms with van der Waals surface area (Å²) in [5.74, 6) is 2.06. The molecule has 4 rings (SSSR count). The van der Waals surface area contributed by atoms with Gasteiger partial charge >= 0.3 is 0 Å². The summed E-state index contributed by atoms with van der Waals surface area (Å²) in [5, 5.41) is 3.44. The Balaban J connectivity index is 0.00000256. The fraction of sp³-hybridized carbons (Fsp3) is 0.435. The summed E-state index contributed by atoms with van der Waals surface area (Å²) in [5.41, 5.74) is 3.04. The standard InChI is InChI=1S/C23H28FN3O2.HI/c1-25-23(27-10-8-18(14-27)11-17-5-3-2-4-6-17)26-9-7-19-12-21(24)13-20-15-28-16-29-22(19)20;/h2-6,12-13,18H,7-11,14-16H2,1H3,(H,25,26);1H. The first-order valence-electron chi connectivity index (χ1n) is 10.2. The molecule has 0 aromatic heterocycles. The Morgan fingerprint density at radius 2 is 2.10 bits per heavy atom. The smallest absolute Gasteiger partial charge is 0.193 e. The van der Waals surface area contributed by atoms with Gasteiger partial charge in [-0.2, -0.15) is 0 Å². The second-order valence-electron chi connectivity index (χ2n) is 7.68. The molecule has 30 heavy (non-hydrogen) atoms. The number of guanidine groups is 1. The fourth-order valence-corrected chi connectivity index (χ4v) is 4.22. The summed E-state index contributed by atoms with van der Waals surface area (Å²) >= 11 is 0. The van der Waals surface area contributed by atoms with Crippen LogP contribution in [0.5, 0.6) is 5.75 Å². The molecule has 1 saturated heterocycles. The van der Waals surface area contributed by atoms with Crippen molar-refractivity contribution in [3.05, 3.63) is 65.0 Å². The van der Waals surface area contributed by atoms with Crippen molar-refractivity contribution in [3.63, 3.8) is 0 Å². The summed E-state index contributed by atoms with van der Waals surface area (Å²) in [4.78, 5) is 6.77. The molecular formula is C23H29FIN3O2. The van der Waals surface area contributed by atoms with Crippen LogP contribution >= 0.6 is 24.0 Å². The highest BCUT2D eigenvalue weighted by Crippen LogP contribution is 2.29. The summed E-state index contributed by atoms with van der Waals surface area (Å²) < 4.78 is 24.8. The molecule has 0 radical (unpaired) electrons. The molecule has 5 nitrogen and oxygen atoms in total. The van der Waals surface area contributed by atoms with E-state index >= 15 is 0 Å². The van der Waals surface area contributed by atoms with Crippen LogP contribution in [-0.4, -0.2) is 44.3 Å². The highest BCUT2D eigenvalue weighted by molar-refractivity contribution is 14.0. The van der Waals surface area contributed by atoms with Gasteiger partial charge in [-0.15, -0.1) is 24.0 Å². The van der Waals surface area contributed by atoms with E-state index in [9.17, 15) is 4.39 Å². The van der Waals surface area contributed by atoms with Gasteiger partial charge in [-0.05, 0) is 48.4 Å². The van der Waals surface area contributed by atoms with Crippen LogP contribution in [0.15, 0.2) is 47.5 Å². The number of hydrogen-bond donors (Lipinski definition) is 1. The first kappa shape index (κ1) is 22.8. The number of likely N-dealkylation sites (tertiary alicyclic amines) is 1. The number of fused-ring (bicyclic) bond motifs is 1. The number of benzene rings is 2. The normalized spacial score (nSPS) is 18.4. The van der Waals surface area contributed by atoms with E-state index in [-0.39, 0.29) is 36.6 Å². The molecular weight excluding hydrogens is 496 g/mol. The molecule has 0 bridgehead atoms. The molecule has 7 heteroatoms. The molecule has 162 valence electrons. The van der Waals surface area contributed by atoms with Crippen LogP contribution in [0.2, 0.25) is 0 Å². The van der Waals surface area contributed by atoms with E-state index in [0.29, 0.717) is 25.5 Å². The maximum atomic E-state index is 13.9. The Hall–Kier alpha value is -1.87. The van der Waals surface area contributed by atoms with Crippen molar-refractivity contribution >= 4 is 29.9 Å². The predicted molar refractivity (Wildman–Crippen MR) is 127 cm³/mol. The van der Waals surface area contributed by atoms with Crippen molar-refractivity contribution < 1.29 is 13.9 Å². The minimum atomic E-state index is -0.250. The van der Waals surface area contributed by atoms with E-state index in [4.69, 9.17) is 9.47 Å². The Labute approximate surface area is 194 Å². The van der Waals surface area contributed by atoms with Crippen LogP contribution < -0.4 is 10.1 Å². The van der Waals surface area contributed by atoms with Gasteiger partial charge in [0.25, 0.3) is 0 Å². The molecule has 2 heterocycles. The quantitative estimate of drug-likeness (QED) is 0.365. The minimum absolute atomic E-state index is 0. The van der Waals surface area contributed by atoms with Crippen molar-refractivity contribution in [2.75, 3.05) is 33.5 Å². The molecule has 0 aliphatic carbocycles.